The Morgan fingerprint density at radius 1 is 0.889 bits per heavy atom. The average molecular weight is 484 g/mol. The van der Waals surface area contributed by atoms with Crippen LogP contribution in [0, 0.1) is 0 Å². The Labute approximate surface area is 212 Å². The Balaban J connectivity index is 1.48. The van der Waals surface area contributed by atoms with Gasteiger partial charge >= 0.3 is 5.91 Å². The summed E-state index contributed by atoms with van der Waals surface area (Å²) >= 11 is 0. The van der Waals surface area contributed by atoms with E-state index in [-0.39, 0.29) is 22.9 Å². The molecule has 0 fully saturated rings. The third kappa shape index (κ3) is 6.36. The smallest absolute Gasteiger partial charge is 0.343 e. The van der Waals surface area contributed by atoms with E-state index in [1.807, 2.05) is 97.1 Å². The molecule has 1 aliphatic carbocycles. The maximum absolute atomic E-state index is 13.7. The molecule has 0 spiro atoms. The lowest BCUT2D eigenvalue weighted by Crippen LogP contribution is -2.58. The summed E-state index contributed by atoms with van der Waals surface area (Å²) in [6.07, 6.45) is 6.24. The van der Waals surface area contributed by atoms with Crippen molar-refractivity contribution in [2.75, 3.05) is 20.7 Å². The van der Waals surface area contributed by atoms with Crippen molar-refractivity contribution in [2.24, 2.45) is 0 Å². The van der Waals surface area contributed by atoms with Gasteiger partial charge in [0.15, 0.2) is 6.04 Å². The van der Waals surface area contributed by atoms with Gasteiger partial charge in [-0.1, -0.05) is 66.8 Å². The fraction of sp³-hybridized carbons (Fsp3) is 0.200. The number of para-hydroxylation sites is 1. The maximum Gasteiger partial charge on any atom is 0.343 e. The van der Waals surface area contributed by atoms with Gasteiger partial charge in [0.05, 0.1) is 27.3 Å². The van der Waals surface area contributed by atoms with Crippen LogP contribution >= 0.6 is 0 Å². The highest BCUT2D eigenvalue weighted by Gasteiger charge is 2.37. The molecule has 3 aromatic rings. The number of carbonyl (C=O) groups excluding carboxylic acids is 2. The van der Waals surface area contributed by atoms with Gasteiger partial charge in [0.2, 0.25) is 0 Å². The first kappa shape index (κ1) is 25.1. The average Bonchev–Trinajstić information content (AvgIpc) is 3.45. The summed E-state index contributed by atoms with van der Waals surface area (Å²) < 4.78 is 11.7. The number of nitrogens with one attached hydrogen (secondary N) is 1. The van der Waals surface area contributed by atoms with E-state index in [9.17, 15) is 9.59 Å². The normalized spacial score (nSPS) is 13.7. The molecule has 0 heterocycles. The van der Waals surface area contributed by atoms with Gasteiger partial charge in [0, 0.05) is 17.7 Å². The molecule has 184 valence electrons. The number of hydrogen-bond donors (Lipinski definition) is 1. The molecule has 36 heavy (non-hydrogen) atoms. The van der Waals surface area contributed by atoms with Crippen molar-refractivity contribution >= 4 is 17.5 Å². The van der Waals surface area contributed by atoms with Crippen molar-refractivity contribution < 1.29 is 19.1 Å². The summed E-state index contributed by atoms with van der Waals surface area (Å²) in [6.45, 7) is 0.412. The monoisotopic (exact) mass is 483 g/mol. The molecular weight excluding hydrogens is 452 g/mol. The highest BCUT2D eigenvalue weighted by atomic mass is 16.5. The number of nitrogens with zero attached hydrogens (tertiary/aromatic N) is 1. The predicted molar refractivity (Wildman–Crippen MR) is 141 cm³/mol. The minimum atomic E-state index is -0.827. The van der Waals surface area contributed by atoms with Crippen LogP contribution in [0.4, 0.5) is 5.69 Å². The fourth-order valence-electron chi connectivity index (χ4n) is 3.94. The number of rotatable bonds is 10. The van der Waals surface area contributed by atoms with Gasteiger partial charge in [-0.25, -0.2) is 9.28 Å². The van der Waals surface area contributed by atoms with Gasteiger partial charge in [0.25, 0.3) is 5.91 Å². The van der Waals surface area contributed by atoms with Crippen LogP contribution in [0.5, 0.6) is 11.5 Å². The number of likely N-dealkylation sites (N-methyl/N-ethyl adjacent to an activating group) is 1. The molecule has 1 N–H and O–H groups in total. The number of benzene rings is 3. The summed E-state index contributed by atoms with van der Waals surface area (Å²) in [7, 11) is 3.61. The number of hydrogen-bond acceptors (Lipinski definition) is 4. The first-order valence-electron chi connectivity index (χ1n) is 11.9. The van der Waals surface area contributed by atoms with E-state index in [0.717, 1.165) is 17.0 Å². The van der Waals surface area contributed by atoms with Crippen LogP contribution in [0.25, 0.3) is 0 Å². The zero-order valence-electron chi connectivity index (χ0n) is 20.6. The maximum atomic E-state index is 13.7. The van der Waals surface area contributed by atoms with E-state index in [1.165, 1.54) is 0 Å². The Kier molecular flexibility index (Phi) is 8.10. The standard InChI is InChI=1S/C30H30N2O4/c1-32(2,25-17-19-27(20-18-25)36-26-15-7-4-8-16-26)30(34)28(31-29(33)24-13-9-10-14-24)22-35-21-23-11-5-3-6-12-23/h3-9,11-20,28H,10,21-22H2,1-2H3/p+1. The van der Waals surface area contributed by atoms with Crippen molar-refractivity contribution in [1.29, 1.82) is 0 Å². The first-order chi connectivity index (χ1) is 17.4. The van der Waals surface area contributed by atoms with Gasteiger partial charge in [0.1, 0.15) is 17.2 Å². The van der Waals surface area contributed by atoms with Gasteiger partial charge < -0.3 is 14.8 Å². The van der Waals surface area contributed by atoms with E-state index < -0.39 is 6.04 Å². The van der Waals surface area contributed by atoms with Gasteiger partial charge in [-0.15, -0.1) is 0 Å². The summed E-state index contributed by atoms with van der Waals surface area (Å²) in [4.78, 5) is 26.6. The minimum absolute atomic E-state index is 0.0628. The lowest BCUT2D eigenvalue weighted by atomic mass is 10.1. The molecule has 6 heteroatoms. The van der Waals surface area contributed by atoms with E-state index in [2.05, 4.69) is 5.32 Å². The lowest BCUT2D eigenvalue weighted by Gasteiger charge is -2.30. The molecule has 3 aromatic carbocycles. The second kappa shape index (κ2) is 11.6. The zero-order chi connectivity index (χ0) is 25.4. The molecule has 0 radical (unpaired) electrons. The van der Waals surface area contributed by atoms with Crippen LogP contribution in [0.1, 0.15) is 12.0 Å². The molecule has 1 aliphatic rings. The number of carbonyl (C=O) groups is 2. The van der Waals surface area contributed by atoms with Crippen LogP contribution in [0.3, 0.4) is 0 Å². The minimum Gasteiger partial charge on any atom is -0.457 e. The number of quaternary nitrogens is 1. The van der Waals surface area contributed by atoms with Crippen LogP contribution in [-0.2, 0) is 20.9 Å². The first-order valence-corrected chi connectivity index (χ1v) is 11.9. The van der Waals surface area contributed by atoms with Crippen molar-refractivity contribution in [1.82, 2.24) is 9.80 Å². The number of amides is 2. The van der Waals surface area contributed by atoms with Crippen LogP contribution < -0.4 is 14.5 Å². The lowest BCUT2D eigenvalue weighted by molar-refractivity contribution is -0.134. The van der Waals surface area contributed by atoms with Crippen LogP contribution in [0.15, 0.2) is 109 Å². The van der Waals surface area contributed by atoms with Gasteiger partial charge in [-0.05, 0) is 36.2 Å². The molecule has 1 unspecified atom stereocenters. The molecule has 0 aliphatic heterocycles. The third-order valence-corrected chi connectivity index (χ3v) is 6.05. The molecule has 0 saturated carbocycles. The quantitative estimate of drug-likeness (QED) is 0.405. The Hall–Kier alpha value is -4.00. The highest BCUT2D eigenvalue weighted by Crippen LogP contribution is 2.27. The van der Waals surface area contributed by atoms with Crippen molar-refractivity contribution in [3.8, 4) is 11.5 Å². The molecule has 1 atom stereocenters. The summed E-state index contributed by atoms with van der Waals surface area (Å²) in [5.41, 5.74) is 2.32. The number of ether oxygens (including phenoxy) is 2. The molecule has 2 amide bonds. The zero-order valence-corrected chi connectivity index (χ0v) is 20.6. The van der Waals surface area contributed by atoms with Gasteiger partial charge in [-0.2, -0.15) is 0 Å². The second-order valence-corrected chi connectivity index (χ2v) is 9.03. The third-order valence-electron chi connectivity index (χ3n) is 6.05. The van der Waals surface area contributed by atoms with E-state index >= 15 is 0 Å². The summed E-state index contributed by atoms with van der Waals surface area (Å²) in [6, 6.07) is 25.8. The Bertz CT molecular complexity index is 1230. The molecule has 0 saturated heterocycles. The molecule has 0 bridgehead atoms. The van der Waals surface area contributed by atoms with Crippen LogP contribution in [-0.4, -0.2) is 38.6 Å². The van der Waals surface area contributed by atoms with Crippen LogP contribution in [0.2, 0.25) is 0 Å². The molecule has 6 nitrogen and oxygen atoms in total. The second-order valence-electron chi connectivity index (χ2n) is 9.03. The highest BCUT2D eigenvalue weighted by molar-refractivity contribution is 6.01. The number of allylic oxidation sites excluding steroid dienone is 2. The van der Waals surface area contributed by atoms with Gasteiger partial charge in [-0.3, -0.25) is 4.79 Å². The van der Waals surface area contributed by atoms with Crippen molar-refractivity contribution in [3.05, 3.63) is 114 Å². The Morgan fingerprint density at radius 3 is 2.17 bits per heavy atom. The van der Waals surface area contributed by atoms with Crippen molar-refractivity contribution in [2.45, 2.75) is 19.1 Å². The SMILES string of the molecule is C[N+](C)(C(=O)C(COCc1ccccc1)NC(=O)C1=CCC=C1)c1ccc(Oc2ccccc2)cc1. The largest absolute Gasteiger partial charge is 0.457 e. The van der Waals surface area contributed by atoms with E-state index in [4.69, 9.17) is 9.47 Å². The summed E-state index contributed by atoms with van der Waals surface area (Å²) in [5, 5.41) is 2.89. The van der Waals surface area contributed by atoms with E-state index in [0.29, 0.717) is 24.4 Å². The van der Waals surface area contributed by atoms with E-state index in [1.54, 1.807) is 20.2 Å². The molecule has 0 aromatic heterocycles. The molecule has 4 rings (SSSR count). The Morgan fingerprint density at radius 2 is 1.53 bits per heavy atom. The predicted octanol–water partition coefficient (Wildman–Crippen LogP) is 5.16. The van der Waals surface area contributed by atoms with Crippen molar-refractivity contribution in [3.63, 3.8) is 0 Å². The summed E-state index contributed by atoms with van der Waals surface area (Å²) in [5.74, 6) is 0.949. The fourth-order valence-corrected chi connectivity index (χ4v) is 3.94. The molecular formula is C30H31N2O4+. The topological polar surface area (TPSA) is 64.6 Å².